The van der Waals surface area contributed by atoms with Crippen molar-refractivity contribution < 1.29 is 23.0 Å². The van der Waals surface area contributed by atoms with Gasteiger partial charge in [-0.05, 0) is 55.7 Å². The number of sulfonamides is 1. The lowest BCUT2D eigenvalue weighted by atomic mass is 9.40. The lowest BCUT2D eigenvalue weighted by Crippen LogP contribution is -2.76. The van der Waals surface area contributed by atoms with E-state index in [1.807, 2.05) is 35.0 Å². The van der Waals surface area contributed by atoms with Gasteiger partial charge in [0.25, 0.3) is 0 Å². The number of rotatable bonds is 10. The molecular weight excluding hydrogens is 525 g/mol. The molecule has 11 heteroatoms. The van der Waals surface area contributed by atoms with Gasteiger partial charge >= 0.3 is 0 Å². The number of aliphatic hydroxyl groups is 1. The summed E-state index contributed by atoms with van der Waals surface area (Å²) < 4.78 is 39.3. The molecule has 1 heterocycles. The topological polar surface area (TPSA) is 114 Å². The molecule has 1 atom stereocenters. The molecule has 3 saturated carbocycles. The number of aliphatic hydroxyl groups excluding tert-OH is 1. The number of nitriles is 1. The van der Waals surface area contributed by atoms with E-state index in [2.05, 4.69) is 10.8 Å². The Bertz CT molecular complexity index is 1460. The van der Waals surface area contributed by atoms with Crippen molar-refractivity contribution in [1.29, 1.82) is 5.26 Å². The summed E-state index contributed by atoms with van der Waals surface area (Å²) in [6.07, 6.45) is 4.64. The molecule has 190 valence electrons. The molecule has 3 aliphatic carbocycles. The van der Waals surface area contributed by atoms with Gasteiger partial charge in [0.05, 0.1) is 34.8 Å². The van der Waals surface area contributed by atoms with Gasteiger partial charge in [-0.1, -0.05) is 11.6 Å². The minimum atomic E-state index is -3.20. The van der Waals surface area contributed by atoms with Crippen molar-refractivity contribution in [2.45, 2.75) is 30.9 Å². The van der Waals surface area contributed by atoms with Gasteiger partial charge in [0.1, 0.15) is 24.5 Å². The number of halogens is 2. The monoisotopic (exact) mass is 549 g/mol. The first-order valence-electron chi connectivity index (χ1n) is 11.4. The molecule has 2 bridgehead atoms. The van der Waals surface area contributed by atoms with Crippen molar-refractivity contribution in [2.75, 3.05) is 25.3 Å². The number of alkyl halides is 1. The molecule has 2 N–H and O–H groups in total. The number of hydrogen-bond acceptors (Lipinski definition) is 6. The van der Waals surface area contributed by atoms with E-state index in [0.29, 0.717) is 12.3 Å². The molecule has 6 rings (SSSR count). The summed E-state index contributed by atoms with van der Waals surface area (Å²) in [6, 6.07) is 13.2. The summed E-state index contributed by atoms with van der Waals surface area (Å²) >= 11 is 12.0. The molecule has 0 amide bonds. The van der Waals surface area contributed by atoms with Crippen LogP contribution in [0.25, 0.3) is 16.6 Å². The number of benzene rings is 2. The van der Waals surface area contributed by atoms with Gasteiger partial charge in [-0.15, -0.1) is 11.6 Å². The number of nitrogens with zero attached hydrogens (tertiary/aromatic N) is 2. The molecule has 0 aliphatic heterocycles. The minimum Gasteiger partial charge on any atom is -0.493 e. The molecule has 36 heavy (non-hydrogen) atoms. The first kappa shape index (κ1) is 25.2. The fourth-order valence-electron chi connectivity index (χ4n) is 5.50. The number of ether oxygens (including phenoxy) is 2. The van der Waals surface area contributed by atoms with Crippen molar-refractivity contribution in [2.24, 2.45) is 5.41 Å². The Labute approximate surface area is 219 Å². The third kappa shape index (κ3) is 4.76. The third-order valence-electron chi connectivity index (χ3n) is 6.77. The van der Waals surface area contributed by atoms with Crippen LogP contribution in [0.2, 0.25) is 5.02 Å². The minimum absolute atomic E-state index is 0.0147. The Kier molecular flexibility index (Phi) is 6.38. The van der Waals surface area contributed by atoms with Gasteiger partial charge in [0.2, 0.25) is 10.0 Å². The summed E-state index contributed by atoms with van der Waals surface area (Å²) in [5, 5.41) is 20.5. The van der Waals surface area contributed by atoms with Gasteiger partial charge in [0, 0.05) is 28.2 Å². The van der Waals surface area contributed by atoms with Crippen molar-refractivity contribution >= 4 is 44.1 Å². The maximum atomic E-state index is 11.5. The molecule has 0 spiro atoms. The third-order valence-corrected chi connectivity index (χ3v) is 8.21. The van der Waals surface area contributed by atoms with Crippen molar-refractivity contribution in [1.82, 2.24) is 9.29 Å². The Balaban J connectivity index is 1.29. The fourth-order valence-corrected chi connectivity index (χ4v) is 6.86. The van der Waals surface area contributed by atoms with Crippen molar-refractivity contribution in [3.05, 3.63) is 53.2 Å². The molecule has 0 saturated heterocycles. The van der Waals surface area contributed by atoms with E-state index in [0.717, 1.165) is 35.9 Å². The molecular formula is C25H25Cl2N3O5S. The highest BCUT2D eigenvalue weighted by Gasteiger charge is 2.69. The van der Waals surface area contributed by atoms with E-state index < -0.39 is 16.1 Å². The van der Waals surface area contributed by atoms with Crippen LogP contribution >= 0.6 is 23.2 Å². The standard InChI is InChI=1S/C25H25Cl2N3O5S/c1-36(32,33)29-25-12-24(13-25,14-25)15-35-20-2-3-22-16(7-20)4-5-30(22)18-6-17(10-28)23(21(27)8-18)34-11-19(31)9-26/h2-8,19,29,31H,9,11-15H2,1H3. The zero-order chi connectivity index (χ0) is 25.7. The molecule has 1 aromatic heterocycles. The zero-order valence-corrected chi connectivity index (χ0v) is 21.8. The SMILES string of the molecule is CS(=O)(=O)NC12CC(COc3ccc4c(ccn4-c4cc(Cl)c(OCC(O)CCl)c(C#N)c4)c3)(C1)C2. The van der Waals surface area contributed by atoms with Crippen molar-refractivity contribution in [3.8, 4) is 23.3 Å². The van der Waals surface area contributed by atoms with Crippen LogP contribution < -0.4 is 14.2 Å². The van der Waals surface area contributed by atoms with E-state index in [-0.39, 0.29) is 39.8 Å². The molecule has 0 radical (unpaired) electrons. The molecule has 2 aromatic carbocycles. The number of fused-ring (bicyclic) bond motifs is 1. The van der Waals surface area contributed by atoms with Crippen LogP contribution in [0.5, 0.6) is 11.5 Å². The normalized spacial score (nSPS) is 23.4. The van der Waals surface area contributed by atoms with Crippen LogP contribution in [0.1, 0.15) is 24.8 Å². The van der Waals surface area contributed by atoms with E-state index in [9.17, 15) is 18.8 Å². The summed E-state index contributed by atoms with van der Waals surface area (Å²) in [5.41, 5.74) is 1.64. The Morgan fingerprint density at radius 3 is 2.64 bits per heavy atom. The zero-order valence-electron chi connectivity index (χ0n) is 19.5. The Hall–Kier alpha value is -2.48. The lowest BCUT2D eigenvalue weighted by molar-refractivity contribution is -0.162. The molecule has 8 nitrogen and oxygen atoms in total. The van der Waals surface area contributed by atoms with E-state index in [4.69, 9.17) is 32.7 Å². The average molecular weight is 550 g/mol. The number of aromatic nitrogens is 1. The van der Waals surface area contributed by atoms with Crippen LogP contribution in [0.15, 0.2) is 42.6 Å². The van der Waals surface area contributed by atoms with Gasteiger partial charge in [0.15, 0.2) is 5.75 Å². The quantitative estimate of drug-likeness (QED) is 0.369. The molecule has 3 aromatic rings. The number of hydrogen-bond donors (Lipinski definition) is 2. The second-order valence-corrected chi connectivity index (χ2v) is 12.4. The molecule has 3 fully saturated rings. The smallest absolute Gasteiger partial charge is 0.209 e. The van der Waals surface area contributed by atoms with E-state index in [1.165, 1.54) is 6.26 Å². The predicted octanol–water partition coefficient (Wildman–Crippen LogP) is 3.98. The van der Waals surface area contributed by atoms with E-state index >= 15 is 0 Å². The van der Waals surface area contributed by atoms with E-state index in [1.54, 1.807) is 12.1 Å². The van der Waals surface area contributed by atoms with Gasteiger partial charge < -0.3 is 19.1 Å². The maximum absolute atomic E-state index is 11.5. The second kappa shape index (κ2) is 9.12. The van der Waals surface area contributed by atoms with Crippen LogP contribution in [-0.4, -0.2) is 55.1 Å². The highest BCUT2D eigenvalue weighted by molar-refractivity contribution is 7.88. The average Bonchev–Trinajstić information content (AvgIpc) is 3.20. The van der Waals surface area contributed by atoms with Crippen LogP contribution in [0.4, 0.5) is 0 Å². The first-order chi connectivity index (χ1) is 17.0. The lowest BCUT2D eigenvalue weighted by Gasteiger charge is -2.69. The highest BCUT2D eigenvalue weighted by atomic mass is 35.5. The van der Waals surface area contributed by atoms with Gasteiger partial charge in [-0.2, -0.15) is 5.26 Å². The Morgan fingerprint density at radius 2 is 1.97 bits per heavy atom. The molecule has 3 aliphatic rings. The highest BCUT2D eigenvalue weighted by Crippen LogP contribution is 2.67. The Morgan fingerprint density at radius 1 is 1.22 bits per heavy atom. The summed E-state index contributed by atoms with van der Waals surface area (Å²) in [4.78, 5) is 0. The van der Waals surface area contributed by atoms with Gasteiger partial charge in [-0.25, -0.2) is 13.1 Å². The fraction of sp³-hybridized carbons (Fsp3) is 0.400. The summed E-state index contributed by atoms with van der Waals surface area (Å²) in [6.45, 7) is 0.483. The predicted molar refractivity (Wildman–Crippen MR) is 138 cm³/mol. The van der Waals surface area contributed by atoms with Crippen LogP contribution in [0.3, 0.4) is 0 Å². The second-order valence-electron chi connectivity index (χ2n) is 9.92. The largest absolute Gasteiger partial charge is 0.493 e. The van der Waals surface area contributed by atoms with Crippen molar-refractivity contribution in [3.63, 3.8) is 0 Å². The first-order valence-corrected chi connectivity index (χ1v) is 14.2. The van der Waals surface area contributed by atoms with Crippen LogP contribution in [0, 0.1) is 16.7 Å². The number of nitrogens with one attached hydrogen (secondary N) is 1. The molecule has 1 unspecified atom stereocenters. The van der Waals surface area contributed by atoms with Crippen LogP contribution in [-0.2, 0) is 10.0 Å². The summed E-state index contributed by atoms with van der Waals surface area (Å²) in [5.74, 6) is 0.967. The maximum Gasteiger partial charge on any atom is 0.209 e. The summed E-state index contributed by atoms with van der Waals surface area (Å²) in [7, 11) is -3.20. The van der Waals surface area contributed by atoms with Gasteiger partial charge in [-0.3, -0.25) is 0 Å².